The summed E-state index contributed by atoms with van der Waals surface area (Å²) < 4.78 is 19.0. The summed E-state index contributed by atoms with van der Waals surface area (Å²) in [6, 6.07) is 29.6. The van der Waals surface area contributed by atoms with Gasteiger partial charge in [0, 0.05) is 11.1 Å². The predicted octanol–water partition coefficient (Wildman–Crippen LogP) is 5.22. The Labute approximate surface area is 274 Å². The SMILES string of the molecule is CCOC(=O)C1=C(c2ccccc2)N=c2s/c(=C\c3ccccc3OCc3ccc(C(=O)O)cc3)c(=O)n2[C@@H]1c1ccc(OC)cc1. The average Bonchev–Trinajstić information content (AvgIpc) is 3.41. The third kappa shape index (κ3) is 6.49. The highest BCUT2D eigenvalue weighted by Gasteiger charge is 2.35. The third-order valence-electron chi connectivity index (χ3n) is 7.61. The van der Waals surface area contributed by atoms with Crippen LogP contribution in [0.5, 0.6) is 11.5 Å². The molecule has 4 aromatic carbocycles. The van der Waals surface area contributed by atoms with Crippen LogP contribution in [0.15, 0.2) is 118 Å². The molecule has 1 aromatic heterocycles. The maximum Gasteiger partial charge on any atom is 0.338 e. The monoisotopic (exact) mass is 646 g/mol. The Morgan fingerprint density at radius 3 is 2.32 bits per heavy atom. The van der Waals surface area contributed by atoms with E-state index >= 15 is 0 Å². The van der Waals surface area contributed by atoms with Crippen LogP contribution in [0.4, 0.5) is 0 Å². The molecule has 9 nitrogen and oxygen atoms in total. The first-order valence-corrected chi connectivity index (χ1v) is 15.7. The van der Waals surface area contributed by atoms with Crippen LogP contribution in [0.3, 0.4) is 0 Å². The topological polar surface area (TPSA) is 116 Å². The fourth-order valence-electron chi connectivity index (χ4n) is 5.32. The summed E-state index contributed by atoms with van der Waals surface area (Å²) in [5.41, 5.74) is 3.47. The minimum atomic E-state index is -0.997. The Hall–Kier alpha value is -5.74. The second kappa shape index (κ2) is 13.7. The molecule has 0 unspecified atom stereocenters. The van der Waals surface area contributed by atoms with Crippen LogP contribution < -0.4 is 24.4 Å². The van der Waals surface area contributed by atoms with Crippen LogP contribution in [-0.2, 0) is 16.1 Å². The molecule has 2 heterocycles. The van der Waals surface area contributed by atoms with Gasteiger partial charge in [-0.1, -0.05) is 84.1 Å². The van der Waals surface area contributed by atoms with Gasteiger partial charge in [-0.3, -0.25) is 9.36 Å². The normalized spacial score (nSPS) is 14.3. The van der Waals surface area contributed by atoms with Crippen molar-refractivity contribution in [1.82, 2.24) is 4.57 Å². The fraction of sp³-hybridized carbons (Fsp3) is 0.135. The van der Waals surface area contributed by atoms with Crippen LogP contribution in [0.2, 0.25) is 0 Å². The lowest BCUT2D eigenvalue weighted by molar-refractivity contribution is -0.138. The van der Waals surface area contributed by atoms with Gasteiger partial charge >= 0.3 is 11.9 Å². The summed E-state index contributed by atoms with van der Waals surface area (Å²) in [5, 5.41) is 9.19. The van der Waals surface area contributed by atoms with E-state index in [4.69, 9.17) is 19.2 Å². The molecular weight excluding hydrogens is 616 g/mol. The molecule has 0 bridgehead atoms. The molecule has 0 saturated heterocycles. The quantitative estimate of drug-likeness (QED) is 0.207. The fourth-order valence-corrected chi connectivity index (χ4v) is 6.31. The summed E-state index contributed by atoms with van der Waals surface area (Å²) >= 11 is 1.22. The lowest BCUT2D eigenvalue weighted by Crippen LogP contribution is -2.40. The minimum Gasteiger partial charge on any atom is -0.497 e. The molecule has 1 atom stereocenters. The van der Waals surface area contributed by atoms with Crippen LogP contribution in [-0.4, -0.2) is 35.3 Å². The van der Waals surface area contributed by atoms with Crippen LogP contribution >= 0.6 is 11.3 Å². The van der Waals surface area contributed by atoms with E-state index in [-0.39, 0.29) is 29.9 Å². The van der Waals surface area contributed by atoms with Gasteiger partial charge in [0.25, 0.3) is 5.56 Å². The van der Waals surface area contributed by atoms with E-state index in [0.717, 1.165) is 11.1 Å². The molecular formula is C37H30N2O7S. The van der Waals surface area contributed by atoms with E-state index in [1.54, 1.807) is 55.0 Å². The lowest BCUT2D eigenvalue weighted by Gasteiger charge is -2.26. The van der Waals surface area contributed by atoms with Gasteiger partial charge in [0.05, 0.1) is 41.1 Å². The molecule has 1 aliphatic heterocycles. The molecule has 236 valence electrons. The number of esters is 1. The van der Waals surface area contributed by atoms with Crippen molar-refractivity contribution in [3.63, 3.8) is 0 Å². The van der Waals surface area contributed by atoms with Crippen molar-refractivity contribution < 1.29 is 28.9 Å². The molecule has 0 aliphatic carbocycles. The number of thiazole rings is 1. The van der Waals surface area contributed by atoms with Crippen molar-refractivity contribution in [3.8, 4) is 11.5 Å². The Bertz CT molecular complexity index is 2150. The molecule has 0 amide bonds. The highest BCUT2D eigenvalue weighted by molar-refractivity contribution is 7.07. The number of fused-ring (bicyclic) bond motifs is 1. The molecule has 0 radical (unpaired) electrons. The van der Waals surface area contributed by atoms with E-state index in [9.17, 15) is 19.5 Å². The van der Waals surface area contributed by atoms with Crippen LogP contribution in [0.1, 0.15) is 45.6 Å². The van der Waals surface area contributed by atoms with Crippen molar-refractivity contribution in [2.45, 2.75) is 19.6 Å². The van der Waals surface area contributed by atoms with Gasteiger partial charge in [0.1, 0.15) is 18.1 Å². The first kappa shape index (κ1) is 31.3. The molecule has 6 rings (SSSR count). The van der Waals surface area contributed by atoms with Gasteiger partial charge in [0.15, 0.2) is 4.80 Å². The second-order valence-electron chi connectivity index (χ2n) is 10.5. The number of rotatable bonds is 10. The Morgan fingerprint density at radius 1 is 0.936 bits per heavy atom. The summed E-state index contributed by atoms with van der Waals surface area (Å²) in [7, 11) is 1.58. The maximum atomic E-state index is 14.3. The number of benzene rings is 4. The summed E-state index contributed by atoms with van der Waals surface area (Å²) in [4.78, 5) is 44.5. The molecule has 0 saturated carbocycles. The number of hydrogen-bond acceptors (Lipinski definition) is 8. The van der Waals surface area contributed by atoms with E-state index in [2.05, 4.69) is 0 Å². The second-order valence-corrected chi connectivity index (χ2v) is 11.5. The van der Waals surface area contributed by atoms with E-state index < -0.39 is 18.0 Å². The largest absolute Gasteiger partial charge is 0.497 e. The van der Waals surface area contributed by atoms with E-state index in [1.165, 1.54) is 23.5 Å². The van der Waals surface area contributed by atoms with Crippen LogP contribution in [0.25, 0.3) is 11.8 Å². The van der Waals surface area contributed by atoms with Crippen molar-refractivity contribution in [3.05, 3.63) is 156 Å². The molecule has 1 aliphatic rings. The zero-order chi connectivity index (χ0) is 32.9. The molecule has 10 heteroatoms. The van der Waals surface area contributed by atoms with Gasteiger partial charge in [-0.25, -0.2) is 14.6 Å². The number of aromatic carboxylic acids is 1. The molecule has 47 heavy (non-hydrogen) atoms. The number of methoxy groups -OCH3 is 1. The summed E-state index contributed by atoms with van der Waals surface area (Å²) in [6.07, 6.45) is 1.76. The average molecular weight is 647 g/mol. The molecule has 5 aromatic rings. The Morgan fingerprint density at radius 2 is 1.64 bits per heavy atom. The standard InChI is InChI=1S/C37H30N2O7S/c1-3-45-36(43)31-32(24-9-5-4-6-10-24)38-37-39(33(31)25-17-19-28(44-2)20-18-25)34(40)30(47-37)21-27-11-7-8-12-29(27)46-22-23-13-15-26(16-14-23)35(41)42/h4-21,33H,3,22H2,1-2H3,(H,41,42)/b30-21-/t33-/m1/s1. The number of para-hydroxylation sites is 1. The van der Waals surface area contributed by atoms with Crippen molar-refractivity contribution >= 4 is 35.0 Å². The number of carbonyl (C=O) groups is 2. The molecule has 1 N–H and O–H groups in total. The number of hydrogen-bond donors (Lipinski definition) is 1. The van der Waals surface area contributed by atoms with Crippen molar-refractivity contribution in [2.75, 3.05) is 13.7 Å². The Kier molecular flexibility index (Phi) is 9.12. The first-order chi connectivity index (χ1) is 22.9. The molecule has 0 fully saturated rings. The highest BCUT2D eigenvalue weighted by Crippen LogP contribution is 2.35. The van der Waals surface area contributed by atoms with Crippen molar-refractivity contribution in [2.24, 2.45) is 4.99 Å². The number of aromatic nitrogens is 1. The third-order valence-corrected chi connectivity index (χ3v) is 8.59. The van der Waals surface area contributed by atoms with Gasteiger partial charge < -0.3 is 19.3 Å². The number of carboxylic acids is 1. The lowest BCUT2D eigenvalue weighted by atomic mass is 9.93. The Balaban J connectivity index is 1.48. The maximum absolute atomic E-state index is 14.3. The minimum absolute atomic E-state index is 0.157. The smallest absolute Gasteiger partial charge is 0.338 e. The highest BCUT2D eigenvalue weighted by atomic mass is 32.1. The first-order valence-electron chi connectivity index (χ1n) is 14.8. The zero-order valence-corrected chi connectivity index (χ0v) is 26.4. The zero-order valence-electron chi connectivity index (χ0n) is 25.6. The summed E-state index contributed by atoms with van der Waals surface area (Å²) in [6.45, 7) is 2.10. The van der Waals surface area contributed by atoms with Gasteiger partial charge in [-0.15, -0.1) is 0 Å². The molecule has 0 spiro atoms. The number of carbonyl (C=O) groups excluding carboxylic acids is 1. The number of nitrogens with zero attached hydrogens (tertiary/aromatic N) is 2. The number of carboxylic acid groups (broad SMARTS) is 1. The van der Waals surface area contributed by atoms with Gasteiger partial charge in [-0.2, -0.15) is 0 Å². The number of ether oxygens (including phenoxy) is 3. The van der Waals surface area contributed by atoms with Gasteiger partial charge in [0.2, 0.25) is 0 Å². The van der Waals surface area contributed by atoms with Crippen molar-refractivity contribution in [1.29, 1.82) is 0 Å². The predicted molar refractivity (Wildman–Crippen MR) is 178 cm³/mol. The van der Waals surface area contributed by atoms with E-state index in [0.29, 0.717) is 37.7 Å². The van der Waals surface area contributed by atoms with Gasteiger partial charge in [-0.05, 0) is 54.5 Å². The summed E-state index contributed by atoms with van der Waals surface area (Å²) in [5.74, 6) is -0.366. The van der Waals surface area contributed by atoms with Crippen LogP contribution in [0, 0.1) is 0 Å². The van der Waals surface area contributed by atoms with E-state index in [1.807, 2.05) is 60.7 Å².